The molecule has 2 aromatic rings. The average molecular weight is 344 g/mol. The first-order chi connectivity index (χ1) is 11.6. The first-order valence-corrected chi connectivity index (χ1v) is 8.28. The minimum atomic E-state index is -0.636. The molecule has 0 saturated carbocycles. The van der Waals surface area contributed by atoms with E-state index < -0.39 is 6.04 Å². The Morgan fingerprint density at radius 2 is 1.79 bits per heavy atom. The highest BCUT2D eigenvalue weighted by atomic mass is 35.5. The van der Waals surface area contributed by atoms with E-state index in [4.69, 9.17) is 16.3 Å². The van der Waals surface area contributed by atoms with Gasteiger partial charge in [-0.25, -0.2) is 4.79 Å². The molecule has 1 unspecified atom stereocenters. The standard InChI is InChI=1S/C19H18ClNO3/c1-2-24-19(23)17-11-13-7-3-4-8-14(13)12-21(17)18(22)15-9-5-6-10-16(15)20/h3-10,17H,2,11-12H2,1H3. The second kappa shape index (κ2) is 7.05. The van der Waals surface area contributed by atoms with Crippen LogP contribution in [0.4, 0.5) is 0 Å². The Kier molecular flexibility index (Phi) is 4.86. The zero-order chi connectivity index (χ0) is 17.1. The Labute approximate surface area is 146 Å². The molecule has 1 amide bonds. The van der Waals surface area contributed by atoms with Crippen LogP contribution in [0.25, 0.3) is 0 Å². The first-order valence-electron chi connectivity index (χ1n) is 7.90. The molecule has 4 nitrogen and oxygen atoms in total. The minimum Gasteiger partial charge on any atom is -0.464 e. The van der Waals surface area contributed by atoms with Gasteiger partial charge >= 0.3 is 5.97 Å². The van der Waals surface area contributed by atoms with Crippen LogP contribution in [0.2, 0.25) is 5.02 Å². The van der Waals surface area contributed by atoms with Crippen molar-refractivity contribution in [3.05, 3.63) is 70.2 Å². The van der Waals surface area contributed by atoms with Gasteiger partial charge in [0, 0.05) is 13.0 Å². The van der Waals surface area contributed by atoms with Gasteiger partial charge in [0.05, 0.1) is 17.2 Å². The lowest BCUT2D eigenvalue weighted by Gasteiger charge is -2.35. The van der Waals surface area contributed by atoms with E-state index in [1.54, 1.807) is 36.1 Å². The average Bonchev–Trinajstić information content (AvgIpc) is 2.60. The topological polar surface area (TPSA) is 46.6 Å². The van der Waals surface area contributed by atoms with Gasteiger partial charge in [0.2, 0.25) is 0 Å². The van der Waals surface area contributed by atoms with Gasteiger partial charge in [0.25, 0.3) is 5.91 Å². The molecular formula is C19H18ClNO3. The number of carbonyl (C=O) groups is 2. The fourth-order valence-electron chi connectivity index (χ4n) is 2.97. The number of nitrogens with zero attached hydrogens (tertiary/aromatic N) is 1. The van der Waals surface area contributed by atoms with E-state index >= 15 is 0 Å². The molecule has 0 saturated heterocycles. The molecule has 1 heterocycles. The molecule has 5 heteroatoms. The Morgan fingerprint density at radius 3 is 2.50 bits per heavy atom. The lowest BCUT2D eigenvalue weighted by molar-refractivity contribution is -0.149. The summed E-state index contributed by atoms with van der Waals surface area (Å²) in [7, 11) is 0. The van der Waals surface area contributed by atoms with Crippen molar-refractivity contribution in [3.8, 4) is 0 Å². The van der Waals surface area contributed by atoms with Crippen LogP contribution >= 0.6 is 11.6 Å². The molecule has 1 atom stereocenters. The third-order valence-corrected chi connectivity index (χ3v) is 4.50. The normalized spacial score (nSPS) is 16.4. The van der Waals surface area contributed by atoms with Crippen molar-refractivity contribution in [2.24, 2.45) is 0 Å². The first kappa shape index (κ1) is 16.5. The van der Waals surface area contributed by atoms with Crippen LogP contribution in [-0.2, 0) is 22.5 Å². The smallest absolute Gasteiger partial charge is 0.329 e. The summed E-state index contributed by atoms with van der Waals surface area (Å²) in [4.78, 5) is 26.9. The predicted octanol–water partition coefficient (Wildman–Crippen LogP) is 3.47. The maximum Gasteiger partial charge on any atom is 0.329 e. The van der Waals surface area contributed by atoms with E-state index in [9.17, 15) is 9.59 Å². The molecule has 1 aliphatic rings. The van der Waals surface area contributed by atoms with E-state index in [-0.39, 0.29) is 18.5 Å². The summed E-state index contributed by atoms with van der Waals surface area (Å²) < 4.78 is 5.18. The van der Waals surface area contributed by atoms with Crippen molar-refractivity contribution >= 4 is 23.5 Å². The van der Waals surface area contributed by atoms with Gasteiger partial charge < -0.3 is 9.64 Å². The van der Waals surface area contributed by atoms with Crippen molar-refractivity contribution in [1.29, 1.82) is 0 Å². The summed E-state index contributed by atoms with van der Waals surface area (Å²) in [6.45, 7) is 2.41. The third kappa shape index (κ3) is 3.15. The van der Waals surface area contributed by atoms with Gasteiger partial charge in [-0.3, -0.25) is 4.79 Å². The van der Waals surface area contributed by atoms with E-state index in [1.807, 2.05) is 24.3 Å². The number of rotatable bonds is 3. The van der Waals surface area contributed by atoms with Crippen LogP contribution in [-0.4, -0.2) is 29.4 Å². The fraction of sp³-hybridized carbons (Fsp3) is 0.263. The van der Waals surface area contributed by atoms with Crippen molar-refractivity contribution in [1.82, 2.24) is 4.90 Å². The molecule has 0 spiro atoms. The number of fused-ring (bicyclic) bond motifs is 1. The Balaban J connectivity index is 1.97. The van der Waals surface area contributed by atoms with Crippen molar-refractivity contribution in [2.75, 3.05) is 6.61 Å². The molecule has 3 rings (SSSR count). The fourth-order valence-corrected chi connectivity index (χ4v) is 3.19. The van der Waals surface area contributed by atoms with E-state index in [1.165, 1.54) is 0 Å². The number of halogens is 1. The van der Waals surface area contributed by atoms with Crippen LogP contribution < -0.4 is 0 Å². The number of ether oxygens (including phenoxy) is 1. The molecule has 0 fully saturated rings. The maximum atomic E-state index is 13.0. The molecule has 1 aliphatic heterocycles. The molecule has 0 N–H and O–H groups in total. The monoisotopic (exact) mass is 343 g/mol. The highest BCUT2D eigenvalue weighted by molar-refractivity contribution is 6.33. The quantitative estimate of drug-likeness (QED) is 0.802. The minimum absolute atomic E-state index is 0.256. The number of esters is 1. The van der Waals surface area contributed by atoms with Gasteiger partial charge in [-0.15, -0.1) is 0 Å². The highest BCUT2D eigenvalue weighted by Crippen LogP contribution is 2.27. The summed E-state index contributed by atoms with van der Waals surface area (Å²) >= 11 is 6.16. The second-order valence-corrected chi connectivity index (χ2v) is 6.06. The Morgan fingerprint density at radius 1 is 1.12 bits per heavy atom. The molecule has 24 heavy (non-hydrogen) atoms. The largest absolute Gasteiger partial charge is 0.464 e. The van der Waals surface area contributed by atoms with Gasteiger partial charge in [-0.05, 0) is 30.2 Å². The number of hydrogen-bond acceptors (Lipinski definition) is 3. The predicted molar refractivity (Wildman–Crippen MR) is 91.9 cm³/mol. The van der Waals surface area contributed by atoms with Crippen LogP contribution in [0, 0.1) is 0 Å². The van der Waals surface area contributed by atoms with Crippen LogP contribution in [0.1, 0.15) is 28.4 Å². The molecule has 0 radical (unpaired) electrons. The molecule has 2 aromatic carbocycles. The number of benzene rings is 2. The Hall–Kier alpha value is -2.33. The van der Waals surface area contributed by atoms with Gasteiger partial charge in [0.1, 0.15) is 6.04 Å². The van der Waals surface area contributed by atoms with Crippen LogP contribution in [0.15, 0.2) is 48.5 Å². The molecule has 124 valence electrons. The van der Waals surface area contributed by atoms with E-state index in [0.29, 0.717) is 23.6 Å². The summed E-state index contributed by atoms with van der Waals surface area (Å²) in [5.41, 5.74) is 2.50. The lowest BCUT2D eigenvalue weighted by Crippen LogP contribution is -2.49. The van der Waals surface area contributed by atoms with Crippen LogP contribution in [0.3, 0.4) is 0 Å². The van der Waals surface area contributed by atoms with Gasteiger partial charge in [-0.2, -0.15) is 0 Å². The van der Waals surface area contributed by atoms with Crippen molar-refractivity contribution in [3.63, 3.8) is 0 Å². The van der Waals surface area contributed by atoms with Gasteiger partial charge in [-0.1, -0.05) is 48.0 Å². The highest BCUT2D eigenvalue weighted by Gasteiger charge is 2.36. The van der Waals surface area contributed by atoms with E-state index in [2.05, 4.69) is 0 Å². The lowest BCUT2D eigenvalue weighted by atomic mass is 9.93. The summed E-state index contributed by atoms with van der Waals surface area (Å²) in [5, 5.41) is 0.379. The number of hydrogen-bond donors (Lipinski definition) is 0. The number of carbonyl (C=O) groups excluding carboxylic acids is 2. The Bertz CT molecular complexity index is 775. The number of amides is 1. The molecule has 0 aromatic heterocycles. The second-order valence-electron chi connectivity index (χ2n) is 5.65. The van der Waals surface area contributed by atoms with Crippen LogP contribution in [0.5, 0.6) is 0 Å². The maximum absolute atomic E-state index is 13.0. The van der Waals surface area contributed by atoms with Crippen molar-refractivity contribution in [2.45, 2.75) is 25.9 Å². The summed E-state index contributed by atoms with van der Waals surface area (Å²) in [5.74, 6) is -0.638. The zero-order valence-corrected chi connectivity index (χ0v) is 14.1. The zero-order valence-electron chi connectivity index (χ0n) is 13.4. The molecule has 0 aliphatic carbocycles. The summed E-state index contributed by atoms with van der Waals surface area (Å²) in [6.07, 6.45) is 0.450. The third-order valence-electron chi connectivity index (χ3n) is 4.17. The summed E-state index contributed by atoms with van der Waals surface area (Å²) in [6, 6.07) is 14.1. The SMILES string of the molecule is CCOC(=O)C1Cc2ccccc2CN1C(=O)c1ccccc1Cl. The van der Waals surface area contributed by atoms with E-state index in [0.717, 1.165) is 11.1 Å². The molecular weight excluding hydrogens is 326 g/mol. The van der Waals surface area contributed by atoms with Crippen molar-refractivity contribution < 1.29 is 14.3 Å². The molecule has 0 bridgehead atoms. The van der Waals surface area contributed by atoms with Gasteiger partial charge in [0.15, 0.2) is 0 Å².